The van der Waals surface area contributed by atoms with Crippen LogP contribution in [0.5, 0.6) is 0 Å². The van der Waals surface area contributed by atoms with E-state index in [-0.39, 0.29) is 5.56 Å². The van der Waals surface area contributed by atoms with Crippen LogP contribution < -0.4 is 10.7 Å². The summed E-state index contributed by atoms with van der Waals surface area (Å²) in [5.41, 5.74) is 3.52. The Morgan fingerprint density at radius 3 is 2.35 bits per heavy atom. The van der Waals surface area contributed by atoms with Crippen LogP contribution in [0.2, 0.25) is 0 Å². The average molecular weight is 421 g/mol. The number of amides is 1. The van der Waals surface area contributed by atoms with E-state index in [1.807, 2.05) is 45.9 Å². The highest BCUT2D eigenvalue weighted by atomic mass is 16.5. The molecule has 2 aromatic heterocycles. The van der Waals surface area contributed by atoms with Crippen molar-refractivity contribution in [1.82, 2.24) is 9.55 Å². The standard InChI is InChI=1S/C24H27N3O4/c1-5-16-9-8-10-17(6-2)21(16)26-20(28)14-31-24(30)19-13-27(7-3)23-18(22(19)29)12-11-15(4)25-23/h8-13H,5-7,14H2,1-4H3,(H,26,28). The summed E-state index contributed by atoms with van der Waals surface area (Å²) < 4.78 is 6.90. The van der Waals surface area contributed by atoms with Gasteiger partial charge in [-0.05, 0) is 49.9 Å². The Labute approximate surface area is 181 Å². The molecule has 7 nitrogen and oxygen atoms in total. The molecule has 1 amide bonds. The van der Waals surface area contributed by atoms with E-state index < -0.39 is 23.9 Å². The lowest BCUT2D eigenvalue weighted by molar-refractivity contribution is -0.119. The maximum absolute atomic E-state index is 12.8. The van der Waals surface area contributed by atoms with Gasteiger partial charge in [-0.15, -0.1) is 0 Å². The number of hydrogen-bond donors (Lipinski definition) is 1. The van der Waals surface area contributed by atoms with Crippen molar-refractivity contribution in [1.29, 1.82) is 0 Å². The van der Waals surface area contributed by atoms with Gasteiger partial charge in [0.15, 0.2) is 6.61 Å². The van der Waals surface area contributed by atoms with E-state index in [2.05, 4.69) is 10.3 Å². The molecule has 1 N–H and O–H groups in total. The molecular weight excluding hydrogens is 394 g/mol. The second kappa shape index (κ2) is 9.55. The fourth-order valence-corrected chi connectivity index (χ4v) is 3.53. The number of carbonyl (C=O) groups excluding carboxylic acids is 2. The number of para-hydroxylation sites is 1. The Balaban J connectivity index is 1.80. The first-order valence-electron chi connectivity index (χ1n) is 10.5. The number of nitrogens with zero attached hydrogens (tertiary/aromatic N) is 2. The van der Waals surface area contributed by atoms with Crippen molar-refractivity contribution in [2.45, 2.75) is 47.1 Å². The minimum atomic E-state index is -0.829. The third-order valence-electron chi connectivity index (χ3n) is 5.22. The quantitative estimate of drug-likeness (QED) is 0.588. The van der Waals surface area contributed by atoms with Crippen molar-refractivity contribution < 1.29 is 14.3 Å². The Hall–Kier alpha value is -3.48. The Bertz CT molecular complexity index is 1180. The minimum Gasteiger partial charge on any atom is -0.452 e. The molecule has 7 heteroatoms. The van der Waals surface area contributed by atoms with Crippen LogP contribution in [-0.4, -0.2) is 28.0 Å². The predicted molar refractivity (Wildman–Crippen MR) is 121 cm³/mol. The number of anilines is 1. The van der Waals surface area contributed by atoms with Gasteiger partial charge in [0.25, 0.3) is 5.91 Å². The molecule has 0 saturated carbocycles. The summed E-state index contributed by atoms with van der Waals surface area (Å²) in [7, 11) is 0. The summed E-state index contributed by atoms with van der Waals surface area (Å²) in [6.45, 7) is 7.81. The number of benzene rings is 1. The Morgan fingerprint density at radius 1 is 1.06 bits per heavy atom. The fourth-order valence-electron chi connectivity index (χ4n) is 3.53. The van der Waals surface area contributed by atoms with Crippen LogP contribution in [0.15, 0.2) is 41.3 Å². The maximum atomic E-state index is 12.8. The zero-order valence-electron chi connectivity index (χ0n) is 18.3. The van der Waals surface area contributed by atoms with Crippen LogP contribution in [0, 0.1) is 6.92 Å². The third kappa shape index (κ3) is 4.66. The molecule has 3 rings (SSSR count). The van der Waals surface area contributed by atoms with Crippen molar-refractivity contribution >= 4 is 28.6 Å². The maximum Gasteiger partial charge on any atom is 0.344 e. The lowest BCUT2D eigenvalue weighted by Crippen LogP contribution is -2.26. The van der Waals surface area contributed by atoms with Crippen LogP contribution in [0.25, 0.3) is 11.0 Å². The van der Waals surface area contributed by atoms with Gasteiger partial charge in [-0.1, -0.05) is 32.0 Å². The van der Waals surface area contributed by atoms with E-state index in [0.29, 0.717) is 17.6 Å². The molecule has 1 aromatic carbocycles. The highest BCUT2D eigenvalue weighted by molar-refractivity contribution is 5.97. The lowest BCUT2D eigenvalue weighted by atomic mass is 10.0. The van der Waals surface area contributed by atoms with Crippen LogP contribution in [-0.2, 0) is 28.9 Å². The molecule has 162 valence electrons. The van der Waals surface area contributed by atoms with E-state index in [9.17, 15) is 14.4 Å². The van der Waals surface area contributed by atoms with Crippen molar-refractivity contribution in [3.05, 3.63) is 69.1 Å². The second-order valence-electron chi connectivity index (χ2n) is 7.26. The van der Waals surface area contributed by atoms with Gasteiger partial charge >= 0.3 is 5.97 Å². The zero-order valence-corrected chi connectivity index (χ0v) is 18.3. The molecule has 3 aromatic rings. The molecular formula is C24H27N3O4. The van der Waals surface area contributed by atoms with Gasteiger partial charge in [-0.2, -0.15) is 0 Å². The summed E-state index contributed by atoms with van der Waals surface area (Å²) in [5, 5.41) is 3.19. The van der Waals surface area contributed by atoms with Gasteiger partial charge < -0.3 is 14.6 Å². The molecule has 0 saturated heterocycles. The lowest BCUT2D eigenvalue weighted by Gasteiger charge is -2.15. The van der Waals surface area contributed by atoms with Crippen molar-refractivity contribution in [3.8, 4) is 0 Å². The minimum absolute atomic E-state index is 0.115. The van der Waals surface area contributed by atoms with Crippen molar-refractivity contribution in [2.75, 3.05) is 11.9 Å². The SMILES string of the molecule is CCc1cccc(CC)c1NC(=O)COC(=O)c1cn(CC)c2nc(C)ccc2c1=O. The van der Waals surface area contributed by atoms with E-state index in [4.69, 9.17) is 4.74 Å². The number of aryl methyl sites for hydroxylation is 4. The molecule has 0 aliphatic carbocycles. The van der Waals surface area contributed by atoms with Gasteiger partial charge in [0.1, 0.15) is 11.2 Å². The van der Waals surface area contributed by atoms with Gasteiger partial charge in [-0.25, -0.2) is 9.78 Å². The second-order valence-corrected chi connectivity index (χ2v) is 7.26. The van der Waals surface area contributed by atoms with E-state index in [0.717, 1.165) is 35.3 Å². The van der Waals surface area contributed by atoms with Crippen molar-refractivity contribution in [3.63, 3.8) is 0 Å². The van der Waals surface area contributed by atoms with Gasteiger partial charge in [0, 0.05) is 24.1 Å². The summed E-state index contributed by atoms with van der Waals surface area (Å²) in [6, 6.07) is 9.26. The Morgan fingerprint density at radius 2 is 1.74 bits per heavy atom. The van der Waals surface area contributed by atoms with Gasteiger partial charge in [0.05, 0.1) is 5.39 Å². The molecule has 0 aliphatic heterocycles. The number of carbonyl (C=O) groups is 2. The highest BCUT2D eigenvalue weighted by Crippen LogP contribution is 2.22. The van der Waals surface area contributed by atoms with Crippen molar-refractivity contribution in [2.24, 2.45) is 0 Å². The monoisotopic (exact) mass is 421 g/mol. The number of rotatable bonds is 7. The normalized spacial score (nSPS) is 10.8. The zero-order chi connectivity index (χ0) is 22.5. The number of aromatic nitrogens is 2. The van der Waals surface area contributed by atoms with Gasteiger partial charge in [0.2, 0.25) is 5.43 Å². The number of ether oxygens (including phenoxy) is 1. The van der Waals surface area contributed by atoms with Crippen LogP contribution in [0.4, 0.5) is 5.69 Å². The van der Waals surface area contributed by atoms with E-state index >= 15 is 0 Å². The fraction of sp³-hybridized carbons (Fsp3) is 0.333. The molecule has 0 bridgehead atoms. The molecule has 2 heterocycles. The average Bonchev–Trinajstić information content (AvgIpc) is 2.77. The first kappa shape index (κ1) is 22.2. The number of fused-ring (bicyclic) bond motifs is 1. The number of hydrogen-bond acceptors (Lipinski definition) is 5. The highest BCUT2D eigenvalue weighted by Gasteiger charge is 2.19. The van der Waals surface area contributed by atoms with E-state index in [1.165, 1.54) is 6.20 Å². The molecule has 0 fully saturated rings. The summed E-state index contributed by atoms with van der Waals surface area (Å²) >= 11 is 0. The summed E-state index contributed by atoms with van der Waals surface area (Å²) in [4.78, 5) is 42.3. The smallest absolute Gasteiger partial charge is 0.344 e. The topological polar surface area (TPSA) is 90.3 Å². The molecule has 0 radical (unpaired) electrons. The van der Waals surface area contributed by atoms with E-state index in [1.54, 1.807) is 16.7 Å². The first-order chi connectivity index (χ1) is 14.9. The largest absolute Gasteiger partial charge is 0.452 e. The molecule has 31 heavy (non-hydrogen) atoms. The summed E-state index contributed by atoms with van der Waals surface area (Å²) in [6.07, 6.45) is 2.98. The van der Waals surface area contributed by atoms with Gasteiger partial charge in [-0.3, -0.25) is 9.59 Å². The number of nitrogens with one attached hydrogen (secondary N) is 1. The first-order valence-corrected chi connectivity index (χ1v) is 10.5. The van der Waals surface area contributed by atoms with Crippen LogP contribution in [0.3, 0.4) is 0 Å². The predicted octanol–water partition coefficient (Wildman–Crippen LogP) is 3.65. The molecule has 0 aliphatic rings. The number of esters is 1. The van der Waals surface area contributed by atoms with Crippen LogP contribution in [0.1, 0.15) is 48.0 Å². The third-order valence-corrected chi connectivity index (χ3v) is 5.22. The Kier molecular flexibility index (Phi) is 6.84. The van der Waals surface area contributed by atoms with Crippen LogP contribution >= 0.6 is 0 Å². The number of pyridine rings is 2. The molecule has 0 unspecified atom stereocenters. The molecule has 0 spiro atoms. The molecule has 0 atom stereocenters. The summed E-state index contributed by atoms with van der Waals surface area (Å²) in [5.74, 6) is -1.28.